The number of fused-ring (bicyclic) bond motifs is 1. The number of thioether (sulfide) groups is 1. The molecule has 2 rings (SSSR count). The molecule has 0 aromatic carbocycles. The van der Waals surface area contributed by atoms with Crippen molar-refractivity contribution in [2.75, 3.05) is 5.75 Å². The summed E-state index contributed by atoms with van der Waals surface area (Å²) in [7, 11) is -3.31. The SMILES string of the molecule is CC(C)OP(=O)(OC(C)C)C1=C[C@@H]2OC(C)(C)O[C@@H]2CS1. The van der Waals surface area contributed by atoms with E-state index in [-0.39, 0.29) is 24.4 Å². The second-order valence-electron chi connectivity index (χ2n) is 6.26. The molecular weight excluding hydrogens is 311 g/mol. The van der Waals surface area contributed by atoms with Crippen LogP contribution in [0.15, 0.2) is 10.7 Å². The van der Waals surface area contributed by atoms with Gasteiger partial charge in [0.25, 0.3) is 0 Å². The fraction of sp³-hybridized carbons (Fsp3) is 0.857. The van der Waals surface area contributed by atoms with E-state index in [0.717, 1.165) is 0 Å². The summed E-state index contributed by atoms with van der Waals surface area (Å²) in [5.74, 6) is 0.0798. The Morgan fingerprint density at radius 3 is 2.33 bits per heavy atom. The molecule has 0 aromatic heterocycles. The van der Waals surface area contributed by atoms with E-state index >= 15 is 0 Å². The molecule has 2 aliphatic rings. The first kappa shape index (κ1) is 17.5. The fourth-order valence-corrected chi connectivity index (χ4v) is 5.98. The summed E-state index contributed by atoms with van der Waals surface area (Å²) in [5, 5.41) is 0. The largest absolute Gasteiger partial charge is 0.367 e. The van der Waals surface area contributed by atoms with E-state index in [4.69, 9.17) is 18.5 Å². The Kier molecular flexibility index (Phi) is 5.29. The van der Waals surface area contributed by atoms with E-state index in [9.17, 15) is 4.57 Å². The third-order valence-electron chi connectivity index (χ3n) is 2.89. The van der Waals surface area contributed by atoms with Crippen LogP contribution in [0.2, 0.25) is 0 Å². The Morgan fingerprint density at radius 2 is 1.81 bits per heavy atom. The Bertz CT molecular complexity index is 446. The Labute approximate surface area is 131 Å². The molecule has 122 valence electrons. The van der Waals surface area contributed by atoms with Crippen LogP contribution in [0.5, 0.6) is 0 Å². The monoisotopic (exact) mass is 336 g/mol. The van der Waals surface area contributed by atoms with Gasteiger partial charge in [-0.1, -0.05) is 0 Å². The molecule has 0 amide bonds. The molecule has 5 nitrogen and oxygen atoms in total. The van der Waals surface area contributed by atoms with Gasteiger partial charge in [-0.05, 0) is 47.6 Å². The van der Waals surface area contributed by atoms with Gasteiger partial charge in [0, 0.05) is 5.75 Å². The Morgan fingerprint density at radius 1 is 1.24 bits per heavy atom. The first-order valence-corrected chi connectivity index (χ1v) is 9.82. The molecule has 0 N–H and O–H groups in total. The number of ether oxygens (including phenoxy) is 2. The molecule has 1 fully saturated rings. The molecular formula is C14H25O5PS. The highest BCUT2D eigenvalue weighted by atomic mass is 32.2. The molecule has 0 aliphatic carbocycles. The van der Waals surface area contributed by atoms with Gasteiger partial charge in [-0.3, -0.25) is 4.57 Å². The summed E-state index contributed by atoms with van der Waals surface area (Å²) < 4.78 is 36.7. The lowest BCUT2D eigenvalue weighted by atomic mass is 10.2. The van der Waals surface area contributed by atoms with E-state index in [1.54, 1.807) is 0 Å². The summed E-state index contributed by atoms with van der Waals surface area (Å²) in [5.41, 5.74) is 0. The van der Waals surface area contributed by atoms with Gasteiger partial charge in [-0.25, -0.2) is 0 Å². The highest BCUT2D eigenvalue weighted by Gasteiger charge is 2.46. The minimum atomic E-state index is -3.31. The molecule has 0 bridgehead atoms. The van der Waals surface area contributed by atoms with Gasteiger partial charge >= 0.3 is 7.60 Å². The van der Waals surface area contributed by atoms with Crippen molar-refractivity contribution in [3.63, 3.8) is 0 Å². The molecule has 0 saturated carbocycles. The second kappa shape index (κ2) is 6.34. The van der Waals surface area contributed by atoms with Crippen LogP contribution in [0.1, 0.15) is 41.5 Å². The van der Waals surface area contributed by atoms with Gasteiger partial charge in [0.05, 0.1) is 16.9 Å². The fourth-order valence-electron chi connectivity index (χ4n) is 2.34. The van der Waals surface area contributed by atoms with Gasteiger partial charge in [-0.2, -0.15) is 0 Å². The lowest BCUT2D eigenvalue weighted by molar-refractivity contribution is -0.140. The molecule has 0 spiro atoms. The minimum Gasteiger partial charge on any atom is -0.343 e. The molecule has 7 heteroatoms. The van der Waals surface area contributed by atoms with Crippen molar-refractivity contribution >= 4 is 19.4 Å². The Balaban J connectivity index is 2.23. The van der Waals surface area contributed by atoms with Gasteiger partial charge in [0.1, 0.15) is 12.2 Å². The predicted octanol–water partition coefficient (Wildman–Crippen LogP) is 4.14. The molecule has 0 unspecified atom stereocenters. The molecule has 0 radical (unpaired) electrons. The Hall–Kier alpha value is 0.160. The normalized spacial score (nSPS) is 28.9. The smallest absolute Gasteiger partial charge is 0.343 e. The van der Waals surface area contributed by atoms with Crippen LogP contribution in [0.4, 0.5) is 0 Å². The molecule has 2 heterocycles. The van der Waals surface area contributed by atoms with Crippen molar-refractivity contribution in [1.29, 1.82) is 0 Å². The number of hydrogen-bond donors (Lipinski definition) is 0. The maximum atomic E-state index is 13.1. The van der Waals surface area contributed by atoms with Crippen LogP contribution in [-0.2, 0) is 23.1 Å². The van der Waals surface area contributed by atoms with Gasteiger partial charge in [0.15, 0.2) is 5.79 Å². The average Bonchev–Trinajstić information content (AvgIpc) is 2.58. The summed E-state index contributed by atoms with van der Waals surface area (Å²) in [4.78, 5) is 0. The zero-order valence-corrected chi connectivity index (χ0v) is 15.2. The van der Waals surface area contributed by atoms with Crippen LogP contribution in [0.25, 0.3) is 0 Å². The van der Waals surface area contributed by atoms with Gasteiger partial charge in [-0.15, -0.1) is 11.8 Å². The van der Waals surface area contributed by atoms with E-state index in [1.807, 2.05) is 47.6 Å². The van der Waals surface area contributed by atoms with E-state index in [1.165, 1.54) is 11.8 Å². The zero-order chi connectivity index (χ0) is 15.8. The highest BCUT2D eigenvalue weighted by Crippen LogP contribution is 2.63. The van der Waals surface area contributed by atoms with E-state index < -0.39 is 13.4 Å². The van der Waals surface area contributed by atoms with Crippen molar-refractivity contribution in [2.24, 2.45) is 0 Å². The second-order valence-corrected chi connectivity index (χ2v) is 9.52. The topological polar surface area (TPSA) is 54.0 Å². The lowest BCUT2D eigenvalue weighted by Crippen LogP contribution is -2.27. The quantitative estimate of drug-likeness (QED) is 0.703. The highest BCUT2D eigenvalue weighted by molar-refractivity contribution is 8.10. The third-order valence-corrected chi connectivity index (χ3v) is 6.97. The first-order chi connectivity index (χ1) is 9.61. The zero-order valence-electron chi connectivity index (χ0n) is 13.5. The van der Waals surface area contributed by atoms with Crippen LogP contribution in [0.3, 0.4) is 0 Å². The first-order valence-electron chi connectivity index (χ1n) is 7.29. The van der Waals surface area contributed by atoms with Crippen LogP contribution >= 0.6 is 19.4 Å². The molecule has 1 saturated heterocycles. The van der Waals surface area contributed by atoms with Gasteiger partial charge in [0.2, 0.25) is 0 Å². The van der Waals surface area contributed by atoms with E-state index in [0.29, 0.717) is 10.4 Å². The molecule has 2 aliphatic heterocycles. The summed E-state index contributed by atoms with van der Waals surface area (Å²) in [6.45, 7) is 11.2. The summed E-state index contributed by atoms with van der Waals surface area (Å²) in [6, 6.07) is 0. The number of hydrogen-bond acceptors (Lipinski definition) is 6. The maximum Gasteiger partial charge on any atom is 0.367 e. The van der Waals surface area contributed by atoms with Crippen molar-refractivity contribution in [2.45, 2.75) is 71.7 Å². The maximum absolute atomic E-state index is 13.1. The lowest BCUT2D eigenvalue weighted by Gasteiger charge is -2.28. The average molecular weight is 336 g/mol. The van der Waals surface area contributed by atoms with E-state index in [2.05, 4.69) is 0 Å². The summed E-state index contributed by atoms with van der Waals surface area (Å²) >= 11 is 1.47. The summed E-state index contributed by atoms with van der Waals surface area (Å²) in [6.07, 6.45) is 1.28. The van der Waals surface area contributed by atoms with Crippen LogP contribution < -0.4 is 0 Å². The minimum absolute atomic E-state index is 0.0136. The molecule has 0 aromatic rings. The molecule has 21 heavy (non-hydrogen) atoms. The predicted molar refractivity (Wildman–Crippen MR) is 84.4 cm³/mol. The van der Waals surface area contributed by atoms with Crippen LogP contribution in [0, 0.1) is 0 Å². The number of rotatable bonds is 5. The van der Waals surface area contributed by atoms with Gasteiger partial charge < -0.3 is 18.5 Å². The standard InChI is InChI=1S/C14H25O5PS/c1-9(2)18-20(15,19-10(3)4)13-7-11-12(8-21-13)17-14(5,6)16-11/h7,9-12H,8H2,1-6H3/t11-,12+/m0/s1. The van der Waals surface area contributed by atoms with Crippen molar-refractivity contribution in [1.82, 2.24) is 0 Å². The van der Waals surface area contributed by atoms with Crippen molar-refractivity contribution < 1.29 is 23.1 Å². The third kappa shape index (κ3) is 4.34. The van der Waals surface area contributed by atoms with Crippen LogP contribution in [-0.4, -0.2) is 36.0 Å². The molecule has 2 atom stereocenters. The van der Waals surface area contributed by atoms with Crippen molar-refractivity contribution in [3.05, 3.63) is 10.7 Å². The van der Waals surface area contributed by atoms with Crippen molar-refractivity contribution in [3.8, 4) is 0 Å².